The Labute approximate surface area is 163 Å². The Morgan fingerprint density at radius 1 is 1.14 bits per heavy atom. The van der Waals surface area contributed by atoms with Crippen LogP contribution in [-0.2, 0) is 15.8 Å². The molecule has 0 bridgehead atoms. The van der Waals surface area contributed by atoms with E-state index in [0.717, 1.165) is 29.8 Å². The summed E-state index contributed by atoms with van der Waals surface area (Å²) < 4.78 is 37.7. The lowest BCUT2D eigenvalue weighted by molar-refractivity contribution is -0.137. The molecule has 0 aliphatic carbocycles. The van der Waals surface area contributed by atoms with Gasteiger partial charge in [0.05, 0.1) is 18.2 Å². The first-order valence-corrected chi connectivity index (χ1v) is 8.51. The fraction of sp³-hybridized carbons (Fsp3) is 0.158. The molecule has 0 unspecified atom stereocenters. The van der Waals surface area contributed by atoms with Gasteiger partial charge in [-0.1, -0.05) is 30.3 Å². The van der Waals surface area contributed by atoms with Crippen molar-refractivity contribution < 1.29 is 22.8 Å². The number of carbonyl (C=O) groups excluding carboxylic acids is 2. The molecule has 1 atom stereocenters. The van der Waals surface area contributed by atoms with E-state index < -0.39 is 29.6 Å². The third-order valence-corrected chi connectivity index (χ3v) is 3.89. The largest absolute Gasteiger partial charge is 0.416 e. The number of rotatable bonds is 5. The van der Waals surface area contributed by atoms with Crippen molar-refractivity contribution in [3.8, 4) is 0 Å². The molecule has 1 heterocycles. The van der Waals surface area contributed by atoms with E-state index in [2.05, 4.69) is 26.2 Å². The second-order valence-electron chi connectivity index (χ2n) is 6.09. The quantitative estimate of drug-likeness (QED) is 0.529. The summed E-state index contributed by atoms with van der Waals surface area (Å²) in [6.07, 6.45) is -3.18. The van der Waals surface area contributed by atoms with E-state index in [1.807, 2.05) is 30.3 Å². The SMILES string of the molecule is O=C(C[C@@H]1N=C(N/N=C/c2ccccc2)NC1=O)Nc1ccc(C(F)(F)F)cc1. The van der Waals surface area contributed by atoms with Crippen LogP contribution in [0.2, 0.25) is 0 Å². The van der Waals surface area contributed by atoms with Crippen LogP contribution < -0.4 is 16.1 Å². The molecule has 2 amide bonds. The monoisotopic (exact) mass is 403 g/mol. The van der Waals surface area contributed by atoms with Crippen LogP contribution in [0.4, 0.5) is 18.9 Å². The first kappa shape index (κ1) is 20.1. The van der Waals surface area contributed by atoms with Crippen LogP contribution in [0.3, 0.4) is 0 Å². The second kappa shape index (κ2) is 8.55. The molecule has 0 radical (unpaired) electrons. The minimum atomic E-state index is -4.45. The Balaban J connectivity index is 1.53. The molecule has 3 rings (SSSR count). The van der Waals surface area contributed by atoms with Crippen LogP contribution >= 0.6 is 0 Å². The molecule has 7 nitrogen and oxygen atoms in total. The van der Waals surface area contributed by atoms with Crippen molar-refractivity contribution in [3.63, 3.8) is 0 Å². The molecule has 0 saturated carbocycles. The Hall–Kier alpha value is -3.69. The maximum Gasteiger partial charge on any atom is 0.416 e. The van der Waals surface area contributed by atoms with Gasteiger partial charge in [0, 0.05) is 5.69 Å². The standard InChI is InChI=1S/C19H16F3N5O2/c20-19(21,22)13-6-8-14(9-7-13)24-16(28)10-15-17(29)26-18(25-15)27-23-11-12-4-2-1-3-5-12/h1-9,11,15H,10H2,(H,24,28)(H2,25,26,27,29)/b23-11+/t15-/m0/s1. The Morgan fingerprint density at radius 3 is 2.48 bits per heavy atom. The first-order chi connectivity index (χ1) is 13.8. The zero-order valence-corrected chi connectivity index (χ0v) is 14.9. The number of guanidine groups is 1. The van der Waals surface area contributed by atoms with Gasteiger partial charge in [0.1, 0.15) is 6.04 Å². The van der Waals surface area contributed by atoms with E-state index in [4.69, 9.17) is 0 Å². The summed E-state index contributed by atoms with van der Waals surface area (Å²) in [4.78, 5) is 28.1. The molecule has 2 aromatic rings. The predicted octanol–water partition coefficient (Wildman–Crippen LogP) is 2.51. The van der Waals surface area contributed by atoms with Crippen molar-refractivity contribution in [1.82, 2.24) is 10.7 Å². The van der Waals surface area contributed by atoms with Crippen molar-refractivity contribution in [1.29, 1.82) is 0 Å². The molecule has 2 aromatic carbocycles. The number of halogens is 3. The molecule has 0 aromatic heterocycles. The van der Waals surface area contributed by atoms with E-state index >= 15 is 0 Å². The van der Waals surface area contributed by atoms with Crippen molar-refractivity contribution in [3.05, 3.63) is 65.7 Å². The van der Waals surface area contributed by atoms with Gasteiger partial charge in [-0.3, -0.25) is 14.9 Å². The fourth-order valence-electron chi connectivity index (χ4n) is 2.48. The van der Waals surface area contributed by atoms with Gasteiger partial charge in [0.15, 0.2) is 0 Å². The van der Waals surface area contributed by atoms with E-state index in [9.17, 15) is 22.8 Å². The number of alkyl halides is 3. The second-order valence-corrected chi connectivity index (χ2v) is 6.09. The van der Waals surface area contributed by atoms with Crippen molar-refractivity contribution in [2.24, 2.45) is 10.1 Å². The van der Waals surface area contributed by atoms with Gasteiger partial charge in [0.25, 0.3) is 5.91 Å². The third kappa shape index (κ3) is 5.64. The van der Waals surface area contributed by atoms with Gasteiger partial charge in [-0.2, -0.15) is 18.3 Å². The van der Waals surface area contributed by atoms with Crippen LogP contribution in [0, 0.1) is 0 Å². The van der Waals surface area contributed by atoms with Crippen molar-refractivity contribution in [2.75, 3.05) is 5.32 Å². The highest BCUT2D eigenvalue weighted by atomic mass is 19.4. The third-order valence-electron chi connectivity index (χ3n) is 3.89. The van der Waals surface area contributed by atoms with Crippen LogP contribution in [0.5, 0.6) is 0 Å². The average Bonchev–Trinajstić information content (AvgIpc) is 3.01. The summed E-state index contributed by atoms with van der Waals surface area (Å²) in [6.45, 7) is 0. The Kier molecular flexibility index (Phi) is 5.91. The van der Waals surface area contributed by atoms with Gasteiger partial charge in [0.2, 0.25) is 11.9 Å². The van der Waals surface area contributed by atoms with Gasteiger partial charge >= 0.3 is 6.18 Å². The predicted molar refractivity (Wildman–Crippen MR) is 101 cm³/mol. The molecule has 150 valence electrons. The number of nitrogens with zero attached hydrogens (tertiary/aromatic N) is 2. The maximum atomic E-state index is 12.6. The van der Waals surface area contributed by atoms with E-state index in [0.29, 0.717) is 0 Å². The van der Waals surface area contributed by atoms with Gasteiger partial charge in [-0.15, -0.1) is 0 Å². The summed E-state index contributed by atoms with van der Waals surface area (Å²) in [7, 11) is 0. The number of aliphatic imine (C=N–C) groups is 1. The summed E-state index contributed by atoms with van der Waals surface area (Å²) in [6, 6.07) is 12.3. The van der Waals surface area contributed by atoms with Gasteiger partial charge < -0.3 is 5.32 Å². The minimum absolute atomic E-state index is 0.106. The number of hydrazone groups is 1. The highest BCUT2D eigenvalue weighted by Gasteiger charge is 2.30. The lowest BCUT2D eigenvalue weighted by Gasteiger charge is -2.09. The number of amides is 2. The normalized spacial score (nSPS) is 16.4. The van der Waals surface area contributed by atoms with Crippen LogP contribution in [0.15, 0.2) is 64.7 Å². The Bertz CT molecular complexity index is 941. The molecular weight excluding hydrogens is 387 g/mol. The molecular formula is C19H16F3N5O2. The topological polar surface area (TPSA) is 94.9 Å². The fourth-order valence-corrected chi connectivity index (χ4v) is 2.48. The lowest BCUT2D eigenvalue weighted by Crippen LogP contribution is -2.35. The van der Waals surface area contributed by atoms with Crippen molar-refractivity contribution in [2.45, 2.75) is 18.6 Å². The number of hydrogen-bond acceptors (Lipinski definition) is 5. The van der Waals surface area contributed by atoms with Crippen LogP contribution in [-0.4, -0.2) is 30.0 Å². The number of hydrogen-bond donors (Lipinski definition) is 3. The van der Waals surface area contributed by atoms with E-state index in [-0.39, 0.29) is 18.1 Å². The summed E-state index contributed by atoms with van der Waals surface area (Å²) in [5.74, 6) is -0.929. The lowest BCUT2D eigenvalue weighted by atomic mass is 10.1. The van der Waals surface area contributed by atoms with Gasteiger partial charge in [-0.25, -0.2) is 10.4 Å². The molecule has 29 heavy (non-hydrogen) atoms. The number of benzene rings is 2. The molecule has 0 saturated heterocycles. The number of anilines is 1. The average molecular weight is 403 g/mol. The van der Waals surface area contributed by atoms with E-state index in [1.165, 1.54) is 0 Å². The summed E-state index contributed by atoms with van der Waals surface area (Å²) >= 11 is 0. The summed E-state index contributed by atoms with van der Waals surface area (Å²) in [5.41, 5.74) is 2.80. The highest BCUT2D eigenvalue weighted by molar-refractivity contribution is 6.07. The first-order valence-electron chi connectivity index (χ1n) is 8.51. The molecule has 3 N–H and O–H groups in total. The van der Waals surface area contributed by atoms with Gasteiger partial charge in [-0.05, 0) is 29.8 Å². The minimum Gasteiger partial charge on any atom is -0.326 e. The number of carbonyl (C=O) groups is 2. The summed E-state index contributed by atoms with van der Waals surface area (Å²) in [5, 5.41) is 8.86. The molecule has 1 aliphatic heterocycles. The molecule has 0 spiro atoms. The number of nitrogens with one attached hydrogen (secondary N) is 3. The maximum absolute atomic E-state index is 12.6. The molecule has 10 heteroatoms. The van der Waals surface area contributed by atoms with Crippen LogP contribution in [0.25, 0.3) is 0 Å². The van der Waals surface area contributed by atoms with E-state index in [1.54, 1.807) is 6.21 Å². The smallest absolute Gasteiger partial charge is 0.326 e. The zero-order valence-electron chi connectivity index (χ0n) is 14.9. The highest BCUT2D eigenvalue weighted by Crippen LogP contribution is 2.29. The van der Waals surface area contributed by atoms with Crippen LogP contribution in [0.1, 0.15) is 17.5 Å². The molecule has 1 aliphatic rings. The van der Waals surface area contributed by atoms with Crippen molar-refractivity contribution >= 4 is 29.7 Å². The molecule has 0 fully saturated rings. The zero-order chi connectivity index (χ0) is 20.9. The Morgan fingerprint density at radius 2 is 1.83 bits per heavy atom.